The van der Waals surface area contributed by atoms with Gasteiger partial charge in [0.25, 0.3) is 0 Å². The Kier molecular flexibility index (Phi) is 3.74. The van der Waals surface area contributed by atoms with Crippen LogP contribution in [0.2, 0.25) is 0 Å². The summed E-state index contributed by atoms with van der Waals surface area (Å²) >= 11 is 0. The monoisotopic (exact) mass is 246 g/mol. The van der Waals surface area contributed by atoms with Gasteiger partial charge in [-0.1, -0.05) is 32.0 Å². The molecule has 0 N–H and O–H groups in total. The Morgan fingerprint density at radius 1 is 1.22 bits per heavy atom. The Bertz CT molecular complexity index is 448. The summed E-state index contributed by atoms with van der Waals surface area (Å²) in [6, 6.07) is 6.45. The molecule has 0 spiro atoms. The highest BCUT2D eigenvalue weighted by Crippen LogP contribution is 2.33. The van der Waals surface area contributed by atoms with Crippen LogP contribution in [0.3, 0.4) is 0 Å². The van der Waals surface area contributed by atoms with Gasteiger partial charge in [0, 0.05) is 0 Å². The summed E-state index contributed by atoms with van der Waals surface area (Å²) in [5, 5.41) is 0. The van der Waals surface area contributed by atoms with Crippen LogP contribution >= 0.6 is 0 Å². The first-order valence-electron chi connectivity index (χ1n) is 6.72. The van der Waals surface area contributed by atoms with E-state index < -0.39 is 0 Å². The van der Waals surface area contributed by atoms with E-state index in [2.05, 4.69) is 32.0 Å². The standard InChI is InChI=1S/C16H22O2/c1-10(2)14-8-13-6-5-12(7-15(13)9-14)11(3)16(17)18-4/h5-7,10-11,14H,8-9H2,1-4H3. The van der Waals surface area contributed by atoms with E-state index in [0.29, 0.717) is 0 Å². The van der Waals surface area contributed by atoms with Crippen LogP contribution in [0.15, 0.2) is 18.2 Å². The first-order chi connectivity index (χ1) is 8.52. The quantitative estimate of drug-likeness (QED) is 0.765. The molecule has 1 aromatic rings. The minimum absolute atomic E-state index is 0.159. The molecule has 2 unspecified atom stereocenters. The summed E-state index contributed by atoms with van der Waals surface area (Å²) in [7, 11) is 1.45. The van der Waals surface area contributed by atoms with Crippen LogP contribution in [-0.4, -0.2) is 13.1 Å². The Balaban J connectivity index is 2.20. The zero-order chi connectivity index (χ0) is 13.3. The third-order valence-electron chi connectivity index (χ3n) is 4.19. The molecule has 0 aliphatic heterocycles. The average molecular weight is 246 g/mol. The topological polar surface area (TPSA) is 26.3 Å². The van der Waals surface area contributed by atoms with Crippen LogP contribution in [0.4, 0.5) is 0 Å². The van der Waals surface area contributed by atoms with E-state index in [9.17, 15) is 4.79 Å². The first kappa shape index (κ1) is 13.1. The van der Waals surface area contributed by atoms with Crippen LogP contribution in [0.5, 0.6) is 0 Å². The number of carbonyl (C=O) groups excluding carboxylic acids is 1. The number of methoxy groups -OCH3 is 1. The Hall–Kier alpha value is -1.31. The van der Waals surface area contributed by atoms with Crippen molar-refractivity contribution in [1.29, 1.82) is 0 Å². The molecule has 0 heterocycles. The predicted octanol–water partition coefficient (Wildman–Crippen LogP) is 3.33. The van der Waals surface area contributed by atoms with E-state index in [1.807, 2.05) is 6.92 Å². The number of hydrogen-bond donors (Lipinski definition) is 0. The Morgan fingerprint density at radius 2 is 1.89 bits per heavy atom. The van der Waals surface area contributed by atoms with Gasteiger partial charge in [-0.15, -0.1) is 0 Å². The molecule has 2 atom stereocenters. The second-order valence-corrected chi connectivity index (χ2v) is 5.69. The van der Waals surface area contributed by atoms with Crippen molar-refractivity contribution in [3.8, 4) is 0 Å². The third kappa shape index (κ3) is 2.43. The molecule has 2 nitrogen and oxygen atoms in total. The van der Waals surface area contributed by atoms with Gasteiger partial charge in [0.05, 0.1) is 13.0 Å². The highest BCUT2D eigenvalue weighted by atomic mass is 16.5. The van der Waals surface area contributed by atoms with Crippen LogP contribution in [0, 0.1) is 11.8 Å². The van der Waals surface area contributed by atoms with Crippen molar-refractivity contribution in [3.05, 3.63) is 34.9 Å². The lowest BCUT2D eigenvalue weighted by Gasteiger charge is -2.12. The number of ether oxygens (including phenoxy) is 1. The fraction of sp³-hybridized carbons (Fsp3) is 0.562. The lowest BCUT2D eigenvalue weighted by atomic mass is 9.93. The van der Waals surface area contributed by atoms with Gasteiger partial charge >= 0.3 is 5.97 Å². The van der Waals surface area contributed by atoms with Crippen molar-refractivity contribution in [1.82, 2.24) is 0 Å². The van der Waals surface area contributed by atoms with Crippen LogP contribution in [0.25, 0.3) is 0 Å². The molecule has 0 saturated carbocycles. The van der Waals surface area contributed by atoms with E-state index in [1.165, 1.54) is 24.7 Å². The molecule has 0 amide bonds. The Labute approximate surface area is 109 Å². The predicted molar refractivity (Wildman–Crippen MR) is 72.6 cm³/mol. The minimum atomic E-state index is -0.168. The van der Waals surface area contributed by atoms with Gasteiger partial charge in [0.1, 0.15) is 0 Å². The molecule has 1 aliphatic carbocycles. The maximum absolute atomic E-state index is 11.6. The third-order valence-corrected chi connectivity index (χ3v) is 4.19. The van der Waals surface area contributed by atoms with Gasteiger partial charge in [-0.3, -0.25) is 4.79 Å². The molecule has 0 radical (unpaired) electrons. The lowest BCUT2D eigenvalue weighted by Crippen LogP contribution is -2.11. The smallest absolute Gasteiger partial charge is 0.312 e. The van der Waals surface area contributed by atoms with Crippen LogP contribution in [-0.2, 0) is 22.4 Å². The maximum atomic E-state index is 11.6. The highest BCUT2D eigenvalue weighted by molar-refractivity contribution is 5.77. The molecule has 0 aromatic heterocycles. The minimum Gasteiger partial charge on any atom is -0.469 e. The van der Waals surface area contributed by atoms with Gasteiger partial charge in [-0.2, -0.15) is 0 Å². The van der Waals surface area contributed by atoms with Crippen LogP contribution < -0.4 is 0 Å². The molecule has 1 aliphatic rings. The summed E-state index contributed by atoms with van der Waals surface area (Å²) < 4.78 is 4.81. The van der Waals surface area contributed by atoms with E-state index in [1.54, 1.807) is 0 Å². The lowest BCUT2D eigenvalue weighted by molar-refractivity contribution is -0.141. The summed E-state index contributed by atoms with van der Waals surface area (Å²) in [6.07, 6.45) is 2.33. The number of esters is 1. The van der Waals surface area contributed by atoms with Gasteiger partial charge < -0.3 is 4.74 Å². The molecular weight excluding hydrogens is 224 g/mol. The number of hydrogen-bond acceptors (Lipinski definition) is 2. The fourth-order valence-electron chi connectivity index (χ4n) is 2.73. The molecular formula is C16H22O2. The second-order valence-electron chi connectivity index (χ2n) is 5.69. The van der Waals surface area contributed by atoms with Crippen molar-refractivity contribution in [3.63, 3.8) is 0 Å². The largest absolute Gasteiger partial charge is 0.469 e. The second kappa shape index (κ2) is 5.13. The van der Waals surface area contributed by atoms with Gasteiger partial charge in [0.15, 0.2) is 0 Å². The van der Waals surface area contributed by atoms with Crippen molar-refractivity contribution < 1.29 is 9.53 Å². The zero-order valence-electron chi connectivity index (χ0n) is 11.7. The average Bonchev–Trinajstić information content (AvgIpc) is 2.79. The number of fused-ring (bicyclic) bond motifs is 1. The first-order valence-corrected chi connectivity index (χ1v) is 6.72. The molecule has 18 heavy (non-hydrogen) atoms. The van der Waals surface area contributed by atoms with Gasteiger partial charge in [0.2, 0.25) is 0 Å². The molecule has 2 rings (SSSR count). The number of benzene rings is 1. The normalized spacial score (nSPS) is 19.7. The van der Waals surface area contributed by atoms with Crippen molar-refractivity contribution in [2.24, 2.45) is 11.8 Å². The van der Waals surface area contributed by atoms with E-state index in [0.717, 1.165) is 23.8 Å². The van der Waals surface area contributed by atoms with Crippen molar-refractivity contribution in [2.75, 3.05) is 7.11 Å². The fourth-order valence-corrected chi connectivity index (χ4v) is 2.73. The summed E-state index contributed by atoms with van der Waals surface area (Å²) in [5.74, 6) is 1.15. The van der Waals surface area contributed by atoms with Gasteiger partial charge in [-0.05, 0) is 48.3 Å². The molecule has 1 aromatic carbocycles. The van der Waals surface area contributed by atoms with Crippen LogP contribution in [0.1, 0.15) is 43.4 Å². The molecule has 0 fully saturated rings. The summed E-state index contributed by atoms with van der Waals surface area (Å²) in [6.45, 7) is 6.48. The Morgan fingerprint density at radius 3 is 2.50 bits per heavy atom. The van der Waals surface area contributed by atoms with Gasteiger partial charge in [-0.25, -0.2) is 0 Å². The highest BCUT2D eigenvalue weighted by Gasteiger charge is 2.25. The van der Waals surface area contributed by atoms with E-state index >= 15 is 0 Å². The number of carbonyl (C=O) groups is 1. The summed E-state index contributed by atoms with van der Waals surface area (Å²) in [5.41, 5.74) is 3.95. The van der Waals surface area contributed by atoms with E-state index in [-0.39, 0.29) is 11.9 Å². The zero-order valence-corrected chi connectivity index (χ0v) is 11.7. The maximum Gasteiger partial charge on any atom is 0.312 e. The summed E-state index contributed by atoms with van der Waals surface area (Å²) in [4.78, 5) is 11.6. The van der Waals surface area contributed by atoms with Crippen molar-refractivity contribution in [2.45, 2.75) is 39.5 Å². The number of rotatable bonds is 3. The molecule has 0 saturated heterocycles. The van der Waals surface area contributed by atoms with E-state index in [4.69, 9.17) is 4.74 Å². The molecule has 2 heteroatoms. The van der Waals surface area contributed by atoms with Crippen molar-refractivity contribution >= 4 is 5.97 Å². The molecule has 0 bridgehead atoms. The molecule has 98 valence electrons. The SMILES string of the molecule is COC(=O)C(C)c1ccc2c(c1)CC(C(C)C)C2.